The maximum absolute atomic E-state index is 14.6. The predicted octanol–water partition coefficient (Wildman–Crippen LogP) is 6.23. The summed E-state index contributed by atoms with van der Waals surface area (Å²) in [5.41, 5.74) is 0.166. The number of alkyl halides is 3. The van der Waals surface area contributed by atoms with Gasteiger partial charge in [0, 0.05) is 17.6 Å². The Morgan fingerprint density at radius 1 is 1.06 bits per heavy atom. The number of benzene rings is 3. The molecule has 1 fully saturated rings. The Hall–Kier alpha value is -3.27. The van der Waals surface area contributed by atoms with Crippen LogP contribution in [-0.4, -0.2) is 29.3 Å². The van der Waals surface area contributed by atoms with E-state index in [1.807, 2.05) is 4.90 Å². The van der Waals surface area contributed by atoms with Gasteiger partial charge in [-0.1, -0.05) is 30.3 Å². The maximum atomic E-state index is 14.6. The fourth-order valence-electron chi connectivity index (χ4n) is 5.02. The van der Waals surface area contributed by atoms with Gasteiger partial charge in [0.05, 0.1) is 36.5 Å². The summed E-state index contributed by atoms with van der Waals surface area (Å²) in [6, 6.07) is 14.9. The van der Waals surface area contributed by atoms with Crippen LogP contribution in [-0.2, 0) is 12.7 Å². The molecule has 1 aliphatic heterocycles. The second-order valence-electron chi connectivity index (χ2n) is 8.68. The van der Waals surface area contributed by atoms with E-state index in [1.54, 1.807) is 34.9 Å². The zero-order chi connectivity index (χ0) is 25.6. The van der Waals surface area contributed by atoms with Gasteiger partial charge >= 0.3 is 11.9 Å². The van der Waals surface area contributed by atoms with Gasteiger partial charge in [0.15, 0.2) is 0 Å². The first kappa shape index (κ1) is 24.4. The second-order valence-corrected chi connectivity index (χ2v) is 9.53. The van der Waals surface area contributed by atoms with E-state index in [4.69, 9.17) is 4.74 Å². The SMILES string of the molecule is COc1cccc2c1n(Cc1ccccc1C(F)(F)F)c(=O)n2[C@@H]1CCN(c2c(F)cccc2Br)C1. The lowest BCUT2D eigenvalue weighted by atomic mass is 10.1. The summed E-state index contributed by atoms with van der Waals surface area (Å²) in [6.07, 6.45) is -3.99. The standard InChI is InChI=1S/C26H22BrF4N3O2/c1-36-22-11-5-10-21-24(22)33(14-16-6-2-3-7-18(16)26(29,30)31)25(35)34(21)17-12-13-32(15-17)23-19(27)8-4-9-20(23)28/h2-11,17H,12-15H2,1H3/t17-/m1/s1. The summed E-state index contributed by atoms with van der Waals surface area (Å²) in [5.74, 6) is 0.0183. The van der Waals surface area contributed by atoms with Crippen molar-refractivity contribution >= 4 is 32.7 Å². The number of aromatic nitrogens is 2. The third-order valence-electron chi connectivity index (χ3n) is 6.60. The number of fused-ring (bicyclic) bond motifs is 1. The maximum Gasteiger partial charge on any atom is 0.416 e. The molecule has 0 amide bonds. The van der Waals surface area contributed by atoms with Crippen molar-refractivity contribution in [3.05, 3.63) is 92.6 Å². The van der Waals surface area contributed by atoms with Crippen molar-refractivity contribution in [3.63, 3.8) is 0 Å². The van der Waals surface area contributed by atoms with Crippen molar-refractivity contribution < 1.29 is 22.3 Å². The molecular weight excluding hydrogens is 542 g/mol. The fourth-order valence-corrected chi connectivity index (χ4v) is 5.61. The zero-order valence-corrected chi connectivity index (χ0v) is 20.8. The minimum absolute atomic E-state index is 0.0135. The van der Waals surface area contributed by atoms with Crippen molar-refractivity contribution in [1.29, 1.82) is 0 Å². The van der Waals surface area contributed by atoms with E-state index in [-0.39, 0.29) is 24.0 Å². The minimum atomic E-state index is -4.55. The van der Waals surface area contributed by atoms with Crippen LogP contribution in [0.3, 0.4) is 0 Å². The highest BCUT2D eigenvalue weighted by Gasteiger charge is 2.34. The first-order valence-electron chi connectivity index (χ1n) is 11.3. The molecule has 0 N–H and O–H groups in total. The number of nitrogens with zero attached hydrogens (tertiary/aromatic N) is 3. The summed E-state index contributed by atoms with van der Waals surface area (Å²) in [6.45, 7) is 0.618. The molecule has 0 aliphatic carbocycles. The van der Waals surface area contributed by atoms with E-state index < -0.39 is 17.4 Å². The number of rotatable bonds is 5. The molecule has 2 heterocycles. The van der Waals surface area contributed by atoms with Crippen molar-refractivity contribution in [2.45, 2.75) is 25.2 Å². The van der Waals surface area contributed by atoms with Gasteiger partial charge < -0.3 is 9.64 Å². The molecule has 5 rings (SSSR count). The van der Waals surface area contributed by atoms with E-state index in [1.165, 1.54) is 35.9 Å². The summed E-state index contributed by atoms with van der Waals surface area (Å²) in [7, 11) is 1.46. The summed E-state index contributed by atoms with van der Waals surface area (Å²) >= 11 is 3.41. The molecule has 0 saturated carbocycles. The molecule has 0 bridgehead atoms. The molecule has 3 aromatic carbocycles. The normalized spacial score (nSPS) is 16.2. The number of ether oxygens (including phenoxy) is 1. The average molecular weight is 564 g/mol. The quantitative estimate of drug-likeness (QED) is 0.270. The Morgan fingerprint density at radius 2 is 1.81 bits per heavy atom. The Bertz CT molecular complexity index is 1470. The third-order valence-corrected chi connectivity index (χ3v) is 7.24. The van der Waals surface area contributed by atoms with E-state index >= 15 is 0 Å². The van der Waals surface area contributed by atoms with E-state index in [0.29, 0.717) is 46.5 Å². The van der Waals surface area contributed by atoms with Crippen LogP contribution >= 0.6 is 15.9 Å². The van der Waals surface area contributed by atoms with Crippen molar-refractivity contribution in [3.8, 4) is 5.75 Å². The molecule has 1 atom stereocenters. The first-order valence-corrected chi connectivity index (χ1v) is 12.1. The molecule has 0 spiro atoms. The van der Waals surface area contributed by atoms with Crippen LogP contribution in [0, 0.1) is 5.82 Å². The number of hydrogen-bond donors (Lipinski definition) is 0. The van der Waals surface area contributed by atoms with Crippen LogP contribution in [0.25, 0.3) is 11.0 Å². The molecule has 0 unspecified atom stereocenters. The van der Waals surface area contributed by atoms with Gasteiger partial charge in [-0.3, -0.25) is 9.13 Å². The molecule has 1 aromatic heterocycles. The Labute approximate surface area is 212 Å². The molecule has 4 aromatic rings. The van der Waals surface area contributed by atoms with Gasteiger partial charge in [0.1, 0.15) is 17.1 Å². The smallest absolute Gasteiger partial charge is 0.416 e. The molecule has 10 heteroatoms. The summed E-state index contributed by atoms with van der Waals surface area (Å²) in [4.78, 5) is 15.6. The van der Waals surface area contributed by atoms with Crippen LogP contribution in [0.1, 0.15) is 23.6 Å². The number of para-hydroxylation sites is 2. The Morgan fingerprint density at radius 3 is 2.53 bits per heavy atom. The first-order chi connectivity index (χ1) is 17.2. The van der Waals surface area contributed by atoms with E-state index in [0.717, 1.165) is 6.07 Å². The average Bonchev–Trinajstić information content (AvgIpc) is 3.41. The Balaban J connectivity index is 1.61. The number of imidazole rings is 1. The van der Waals surface area contributed by atoms with Crippen LogP contribution in [0.4, 0.5) is 23.2 Å². The lowest BCUT2D eigenvalue weighted by molar-refractivity contribution is -0.138. The van der Waals surface area contributed by atoms with Gasteiger partial charge in [-0.25, -0.2) is 9.18 Å². The summed E-state index contributed by atoms with van der Waals surface area (Å²) < 4.78 is 64.7. The van der Waals surface area contributed by atoms with Gasteiger partial charge in [0.25, 0.3) is 0 Å². The summed E-state index contributed by atoms with van der Waals surface area (Å²) in [5, 5.41) is 0. The van der Waals surface area contributed by atoms with E-state index in [9.17, 15) is 22.4 Å². The van der Waals surface area contributed by atoms with Crippen molar-refractivity contribution in [1.82, 2.24) is 9.13 Å². The third kappa shape index (κ3) is 4.17. The minimum Gasteiger partial charge on any atom is -0.494 e. The lowest BCUT2D eigenvalue weighted by Gasteiger charge is -2.21. The van der Waals surface area contributed by atoms with Gasteiger partial charge in [0.2, 0.25) is 0 Å². The number of anilines is 1. The highest BCUT2D eigenvalue weighted by atomic mass is 79.9. The predicted molar refractivity (Wildman–Crippen MR) is 133 cm³/mol. The van der Waals surface area contributed by atoms with Crippen LogP contribution in [0.5, 0.6) is 5.75 Å². The molecule has 0 radical (unpaired) electrons. The highest BCUT2D eigenvalue weighted by molar-refractivity contribution is 9.10. The van der Waals surface area contributed by atoms with Crippen LogP contribution in [0.15, 0.2) is 69.9 Å². The molecule has 36 heavy (non-hydrogen) atoms. The number of halogens is 5. The van der Waals surface area contributed by atoms with Crippen LogP contribution < -0.4 is 15.3 Å². The zero-order valence-electron chi connectivity index (χ0n) is 19.2. The van der Waals surface area contributed by atoms with Crippen molar-refractivity contribution in [2.24, 2.45) is 0 Å². The van der Waals surface area contributed by atoms with Crippen molar-refractivity contribution in [2.75, 3.05) is 25.1 Å². The highest BCUT2D eigenvalue weighted by Crippen LogP contribution is 2.37. The van der Waals surface area contributed by atoms with Gasteiger partial charge in [-0.2, -0.15) is 13.2 Å². The molecule has 5 nitrogen and oxygen atoms in total. The molecule has 1 aliphatic rings. The molecule has 1 saturated heterocycles. The Kier molecular flexibility index (Phi) is 6.32. The van der Waals surface area contributed by atoms with E-state index in [2.05, 4.69) is 15.9 Å². The molecule has 188 valence electrons. The second kappa shape index (κ2) is 9.31. The number of hydrogen-bond acceptors (Lipinski definition) is 3. The largest absolute Gasteiger partial charge is 0.494 e. The topological polar surface area (TPSA) is 39.4 Å². The van der Waals surface area contributed by atoms with Gasteiger partial charge in [-0.15, -0.1) is 0 Å². The number of methoxy groups -OCH3 is 1. The molecular formula is C26H22BrF4N3O2. The fraction of sp³-hybridized carbons (Fsp3) is 0.269. The monoisotopic (exact) mass is 563 g/mol. The lowest BCUT2D eigenvalue weighted by Crippen LogP contribution is -2.30. The van der Waals surface area contributed by atoms with Crippen LogP contribution in [0.2, 0.25) is 0 Å². The van der Waals surface area contributed by atoms with Gasteiger partial charge in [-0.05, 0) is 58.2 Å².